The van der Waals surface area contributed by atoms with Crippen molar-refractivity contribution in [2.45, 2.75) is 70.6 Å². The number of fused-ring (bicyclic) bond motifs is 2. The van der Waals surface area contributed by atoms with Crippen molar-refractivity contribution in [3.63, 3.8) is 0 Å². The second-order valence-corrected chi connectivity index (χ2v) is 14.9. The summed E-state index contributed by atoms with van der Waals surface area (Å²) >= 11 is 0. The van der Waals surface area contributed by atoms with E-state index in [1.807, 2.05) is 51.1 Å². The number of methoxy groups -OCH3 is 1. The molecule has 2 aromatic heterocycles. The number of carboxylic acids is 1. The van der Waals surface area contributed by atoms with Gasteiger partial charge in [0.15, 0.2) is 17.4 Å². The molecular formula is C30H40N7O8P. The molecule has 248 valence electrons. The van der Waals surface area contributed by atoms with Gasteiger partial charge in [0.05, 0.1) is 25.7 Å². The van der Waals surface area contributed by atoms with Gasteiger partial charge in [-0.25, -0.2) is 14.6 Å². The number of anilines is 2. The van der Waals surface area contributed by atoms with Gasteiger partial charge in [-0.2, -0.15) is 9.97 Å². The molecule has 1 aliphatic heterocycles. The molecule has 1 saturated heterocycles. The third-order valence-corrected chi connectivity index (χ3v) is 9.67. The van der Waals surface area contributed by atoms with Crippen LogP contribution in [0.3, 0.4) is 0 Å². The molecule has 15 nitrogen and oxygen atoms in total. The van der Waals surface area contributed by atoms with Gasteiger partial charge in [0.25, 0.3) is 0 Å². The Kier molecular flexibility index (Phi) is 8.79. The van der Waals surface area contributed by atoms with Crippen LogP contribution in [0.25, 0.3) is 21.9 Å². The molecule has 3 heterocycles. The molecule has 7 N–H and O–H groups in total. The number of imidazole rings is 1. The molecule has 0 radical (unpaired) electrons. The Bertz CT molecular complexity index is 1800. The summed E-state index contributed by atoms with van der Waals surface area (Å²) < 4.78 is 33.4. The molecule has 0 saturated carbocycles. The van der Waals surface area contributed by atoms with E-state index in [9.17, 15) is 24.7 Å². The van der Waals surface area contributed by atoms with Gasteiger partial charge in [-0.15, -0.1) is 0 Å². The van der Waals surface area contributed by atoms with Crippen molar-refractivity contribution in [1.29, 1.82) is 0 Å². The Morgan fingerprint density at radius 2 is 1.87 bits per heavy atom. The average molecular weight is 658 g/mol. The lowest BCUT2D eigenvalue weighted by Crippen LogP contribution is -2.51. The van der Waals surface area contributed by atoms with Crippen molar-refractivity contribution in [3.05, 3.63) is 48.8 Å². The summed E-state index contributed by atoms with van der Waals surface area (Å²) in [6.45, 7) is 7.92. The highest BCUT2D eigenvalue weighted by Crippen LogP contribution is 2.49. The van der Waals surface area contributed by atoms with E-state index in [4.69, 9.17) is 19.7 Å². The second-order valence-electron chi connectivity index (χ2n) is 13.1. The minimum Gasteiger partial charge on any atom is -0.480 e. The van der Waals surface area contributed by atoms with E-state index >= 15 is 0 Å². The largest absolute Gasteiger partial charge is 0.480 e. The Labute approximate surface area is 265 Å². The normalized spacial score (nSPS) is 24.5. The van der Waals surface area contributed by atoms with E-state index in [0.29, 0.717) is 5.69 Å². The number of rotatable bonds is 11. The van der Waals surface area contributed by atoms with Gasteiger partial charge in [-0.1, -0.05) is 57.2 Å². The quantitative estimate of drug-likeness (QED) is 0.127. The van der Waals surface area contributed by atoms with Gasteiger partial charge in [0, 0.05) is 5.39 Å². The van der Waals surface area contributed by atoms with Crippen LogP contribution < -0.4 is 20.6 Å². The predicted octanol–water partition coefficient (Wildman–Crippen LogP) is 3.69. The van der Waals surface area contributed by atoms with Crippen molar-refractivity contribution in [2.24, 2.45) is 5.41 Å². The van der Waals surface area contributed by atoms with Crippen molar-refractivity contribution in [2.75, 3.05) is 24.5 Å². The summed E-state index contributed by atoms with van der Waals surface area (Å²) in [6.07, 6.45) is -2.55. The third-order valence-electron chi connectivity index (χ3n) is 7.84. The van der Waals surface area contributed by atoms with Crippen LogP contribution in [0.15, 0.2) is 48.8 Å². The Balaban J connectivity index is 1.47. The number of carbonyl (C=O) groups is 1. The van der Waals surface area contributed by atoms with Crippen LogP contribution in [0.4, 0.5) is 11.6 Å². The molecule has 0 aliphatic carbocycles. The highest BCUT2D eigenvalue weighted by Gasteiger charge is 2.54. The molecule has 0 amide bonds. The summed E-state index contributed by atoms with van der Waals surface area (Å²) in [5.41, 5.74) is 2.66. The molecule has 46 heavy (non-hydrogen) atoms. The van der Waals surface area contributed by atoms with Gasteiger partial charge < -0.3 is 35.6 Å². The first-order valence-electron chi connectivity index (χ1n) is 14.6. The summed E-state index contributed by atoms with van der Waals surface area (Å²) in [4.78, 5) is 25.1. The van der Waals surface area contributed by atoms with Gasteiger partial charge >= 0.3 is 13.6 Å². The number of hydrogen-bond donors (Lipinski definition) is 6. The van der Waals surface area contributed by atoms with E-state index in [-0.39, 0.29) is 29.4 Å². The third kappa shape index (κ3) is 6.52. The number of carboxylic acid groups (broad SMARTS) is 1. The van der Waals surface area contributed by atoms with Gasteiger partial charge in [-0.3, -0.25) is 13.9 Å². The number of ether oxygens (including phenoxy) is 2. The lowest BCUT2D eigenvalue weighted by molar-refractivity contribution is -0.144. The van der Waals surface area contributed by atoms with Crippen LogP contribution in [0, 0.1) is 5.41 Å². The summed E-state index contributed by atoms with van der Waals surface area (Å²) in [6, 6.07) is 12.8. The van der Waals surface area contributed by atoms with E-state index in [1.165, 1.54) is 31.9 Å². The van der Waals surface area contributed by atoms with Gasteiger partial charge in [-0.05, 0) is 37.1 Å². The summed E-state index contributed by atoms with van der Waals surface area (Å²) in [7, 11) is -2.89. The van der Waals surface area contributed by atoms with Crippen molar-refractivity contribution < 1.29 is 38.7 Å². The molecule has 1 aliphatic rings. The minimum absolute atomic E-state index is 0.0986. The fraction of sp³-hybridized carbons (Fsp3) is 0.467. The molecule has 5 rings (SSSR count). The van der Waals surface area contributed by atoms with E-state index in [1.54, 1.807) is 12.1 Å². The highest BCUT2D eigenvalue weighted by molar-refractivity contribution is 7.58. The van der Waals surface area contributed by atoms with Crippen LogP contribution in [0.5, 0.6) is 5.88 Å². The van der Waals surface area contributed by atoms with Crippen LogP contribution in [-0.4, -0.2) is 77.9 Å². The van der Waals surface area contributed by atoms with E-state index in [2.05, 4.69) is 25.1 Å². The maximum absolute atomic E-state index is 14.7. The fourth-order valence-electron chi connectivity index (χ4n) is 5.90. The fourth-order valence-corrected chi connectivity index (χ4v) is 7.78. The highest BCUT2D eigenvalue weighted by atomic mass is 31.2. The maximum atomic E-state index is 14.7. The zero-order valence-corrected chi connectivity index (χ0v) is 27.4. The molecule has 2 aromatic carbocycles. The lowest BCUT2D eigenvalue weighted by atomic mass is 9.81. The SMILES string of the molecule is COc1nc(N)nc2c1ncn2C1O[C@H](COP(=O)(Nc2cccc3ccccc23)N[C@@](C)(CC(C)(C)C)C(=O)O)[C@@H](O)[C@@]1(C)O. The Morgan fingerprint density at radius 3 is 2.54 bits per heavy atom. The number of nitrogen functional groups attached to an aromatic ring is 1. The van der Waals surface area contributed by atoms with Crippen LogP contribution in [-0.2, 0) is 18.6 Å². The number of nitrogens with zero attached hydrogens (tertiary/aromatic N) is 4. The molecule has 0 bridgehead atoms. The first-order valence-corrected chi connectivity index (χ1v) is 16.2. The monoisotopic (exact) mass is 657 g/mol. The first kappa shape index (κ1) is 33.5. The smallest absolute Gasteiger partial charge is 0.367 e. The topological polar surface area (TPSA) is 216 Å². The summed E-state index contributed by atoms with van der Waals surface area (Å²) in [5.74, 6) is -1.22. The number of benzene rings is 2. The molecule has 2 unspecified atom stereocenters. The van der Waals surface area contributed by atoms with Gasteiger partial charge in [0.1, 0.15) is 23.3 Å². The molecule has 16 heteroatoms. The molecule has 6 atom stereocenters. The van der Waals surface area contributed by atoms with Crippen LogP contribution in [0.2, 0.25) is 0 Å². The number of nitrogens with two attached hydrogens (primary N) is 1. The zero-order chi connectivity index (χ0) is 33.7. The van der Waals surface area contributed by atoms with Crippen molar-refractivity contribution in [3.8, 4) is 5.88 Å². The van der Waals surface area contributed by atoms with Crippen LogP contribution in [0.1, 0.15) is 47.3 Å². The molecular weight excluding hydrogens is 617 g/mol. The Hall–Kier alpha value is -3.85. The number of aliphatic carboxylic acids is 1. The van der Waals surface area contributed by atoms with Crippen molar-refractivity contribution >= 4 is 47.2 Å². The van der Waals surface area contributed by atoms with Crippen LogP contribution >= 0.6 is 7.67 Å². The predicted molar refractivity (Wildman–Crippen MR) is 171 cm³/mol. The number of hydrogen-bond acceptors (Lipinski definition) is 11. The maximum Gasteiger partial charge on any atom is 0.367 e. The van der Waals surface area contributed by atoms with Crippen molar-refractivity contribution in [1.82, 2.24) is 24.6 Å². The van der Waals surface area contributed by atoms with Gasteiger partial charge in [0.2, 0.25) is 11.8 Å². The average Bonchev–Trinajstić information content (AvgIpc) is 3.47. The zero-order valence-electron chi connectivity index (χ0n) is 26.5. The summed E-state index contributed by atoms with van der Waals surface area (Å²) in [5, 5.41) is 40.2. The van der Waals surface area contributed by atoms with E-state index in [0.717, 1.165) is 10.8 Å². The standard InChI is InChI=1S/C30H40N7O8P/c1-28(2,3)15-29(4,26(39)40)36-46(42,35-19-13-9-11-17-10-7-8-12-18(17)19)44-14-20-22(38)30(5,41)25(45-20)37-16-32-21-23(37)33-27(31)34-24(21)43-6/h7-13,16,20,22,25,38,41H,14-15H2,1-6H3,(H,39,40)(H2,31,33,34)(H2,35,36,42)/t20-,22-,25?,29+,30-,46?/m1/s1. The Morgan fingerprint density at radius 1 is 1.17 bits per heavy atom. The molecule has 1 fully saturated rings. The first-order chi connectivity index (χ1) is 21.5. The minimum atomic E-state index is -4.29. The molecule has 4 aromatic rings. The lowest BCUT2D eigenvalue weighted by Gasteiger charge is -2.36. The number of aliphatic hydroxyl groups is 2. The number of aromatic nitrogens is 4. The van der Waals surface area contributed by atoms with E-state index < -0.39 is 55.2 Å². The second kappa shape index (κ2) is 12.1. The number of aliphatic hydroxyl groups excluding tert-OH is 1. The number of nitrogens with one attached hydrogen (secondary N) is 2. The molecule has 0 spiro atoms.